The van der Waals surface area contributed by atoms with Gasteiger partial charge in [0.05, 0.1) is 5.92 Å². The second-order valence-corrected chi connectivity index (χ2v) is 7.54. The SMILES string of the molecule is CC1CCN(Cc2ccc(CNC(=O)C3CCCNC3)cc2)CC1.Cl.Cl. The third kappa shape index (κ3) is 7.07. The lowest BCUT2D eigenvalue weighted by Crippen LogP contribution is -2.40. The molecule has 3 rings (SSSR count). The van der Waals surface area contributed by atoms with Gasteiger partial charge in [0.1, 0.15) is 0 Å². The predicted molar refractivity (Wildman–Crippen MR) is 112 cm³/mol. The molecule has 0 aliphatic carbocycles. The standard InChI is InChI=1S/C20H31N3O.2ClH/c1-16-8-11-23(12-9-16)15-18-6-4-17(5-7-18)13-22-20(24)19-3-2-10-21-14-19;;/h4-7,16,19,21H,2-3,8-15H2,1H3,(H,22,24);2*1H. The minimum Gasteiger partial charge on any atom is -0.352 e. The molecule has 1 aromatic rings. The zero-order valence-corrected chi connectivity index (χ0v) is 17.3. The Morgan fingerprint density at radius 2 is 1.77 bits per heavy atom. The molecule has 0 saturated carbocycles. The molecule has 2 saturated heterocycles. The molecule has 148 valence electrons. The number of hydrogen-bond acceptors (Lipinski definition) is 3. The number of likely N-dealkylation sites (tertiary alicyclic amines) is 1. The highest BCUT2D eigenvalue weighted by atomic mass is 35.5. The van der Waals surface area contributed by atoms with E-state index in [2.05, 4.69) is 46.7 Å². The number of hydrogen-bond donors (Lipinski definition) is 2. The van der Waals surface area contributed by atoms with E-state index in [1.165, 1.54) is 37.1 Å². The van der Waals surface area contributed by atoms with E-state index in [1.54, 1.807) is 0 Å². The van der Waals surface area contributed by atoms with Crippen LogP contribution in [-0.2, 0) is 17.9 Å². The molecule has 1 unspecified atom stereocenters. The maximum absolute atomic E-state index is 12.2. The van der Waals surface area contributed by atoms with Gasteiger partial charge in [-0.05, 0) is 62.4 Å². The molecular weight excluding hydrogens is 369 g/mol. The van der Waals surface area contributed by atoms with Crippen molar-refractivity contribution in [1.29, 1.82) is 0 Å². The zero-order valence-electron chi connectivity index (χ0n) is 15.7. The number of halogens is 2. The van der Waals surface area contributed by atoms with Crippen LogP contribution in [0.15, 0.2) is 24.3 Å². The molecule has 2 fully saturated rings. The van der Waals surface area contributed by atoms with E-state index < -0.39 is 0 Å². The summed E-state index contributed by atoms with van der Waals surface area (Å²) in [4.78, 5) is 14.7. The average molecular weight is 402 g/mol. The number of nitrogens with one attached hydrogen (secondary N) is 2. The largest absolute Gasteiger partial charge is 0.352 e. The highest BCUT2D eigenvalue weighted by Crippen LogP contribution is 2.18. The summed E-state index contributed by atoms with van der Waals surface area (Å²) < 4.78 is 0. The van der Waals surface area contributed by atoms with Crippen molar-refractivity contribution < 1.29 is 4.79 Å². The first kappa shape index (κ1) is 23.2. The summed E-state index contributed by atoms with van der Waals surface area (Å²) in [7, 11) is 0. The van der Waals surface area contributed by atoms with E-state index in [-0.39, 0.29) is 36.6 Å². The van der Waals surface area contributed by atoms with Crippen LogP contribution in [0.25, 0.3) is 0 Å². The lowest BCUT2D eigenvalue weighted by Gasteiger charge is -2.30. The third-order valence-electron chi connectivity index (χ3n) is 5.44. The van der Waals surface area contributed by atoms with Crippen molar-refractivity contribution in [2.75, 3.05) is 26.2 Å². The Morgan fingerprint density at radius 1 is 1.12 bits per heavy atom. The fourth-order valence-electron chi connectivity index (χ4n) is 3.65. The molecule has 2 aliphatic rings. The van der Waals surface area contributed by atoms with Gasteiger partial charge in [0.15, 0.2) is 0 Å². The molecule has 4 nitrogen and oxygen atoms in total. The van der Waals surface area contributed by atoms with Gasteiger partial charge in [-0.25, -0.2) is 0 Å². The van der Waals surface area contributed by atoms with E-state index in [0.717, 1.165) is 38.4 Å². The average Bonchev–Trinajstić information content (AvgIpc) is 2.63. The van der Waals surface area contributed by atoms with Crippen LogP contribution in [0.5, 0.6) is 0 Å². The first-order chi connectivity index (χ1) is 11.7. The van der Waals surface area contributed by atoms with Gasteiger partial charge in [-0.2, -0.15) is 0 Å². The van der Waals surface area contributed by atoms with E-state index in [9.17, 15) is 4.79 Å². The Balaban J connectivity index is 0.00000169. The van der Waals surface area contributed by atoms with Crippen LogP contribution in [0.1, 0.15) is 43.7 Å². The Kier molecular flexibility index (Phi) is 10.6. The highest BCUT2D eigenvalue weighted by Gasteiger charge is 2.20. The van der Waals surface area contributed by atoms with Crippen LogP contribution in [0.3, 0.4) is 0 Å². The minimum absolute atomic E-state index is 0. The molecule has 0 bridgehead atoms. The van der Waals surface area contributed by atoms with Gasteiger partial charge < -0.3 is 10.6 Å². The Morgan fingerprint density at radius 3 is 2.38 bits per heavy atom. The van der Waals surface area contributed by atoms with Crippen LogP contribution in [-0.4, -0.2) is 37.0 Å². The summed E-state index contributed by atoms with van der Waals surface area (Å²) in [5.74, 6) is 1.21. The molecule has 0 radical (unpaired) electrons. The minimum atomic E-state index is 0. The number of benzene rings is 1. The summed E-state index contributed by atoms with van der Waals surface area (Å²) in [6.07, 6.45) is 4.74. The smallest absolute Gasteiger partial charge is 0.224 e. The van der Waals surface area contributed by atoms with Crippen molar-refractivity contribution in [1.82, 2.24) is 15.5 Å². The molecule has 2 N–H and O–H groups in total. The Hall–Kier alpha value is -0.810. The number of amides is 1. The molecule has 6 heteroatoms. The molecule has 1 amide bonds. The van der Waals surface area contributed by atoms with E-state index in [1.807, 2.05) is 0 Å². The normalized spacial score (nSPS) is 21.3. The summed E-state index contributed by atoms with van der Waals surface area (Å²) in [6.45, 7) is 8.33. The van der Waals surface area contributed by atoms with Gasteiger partial charge in [-0.1, -0.05) is 31.2 Å². The van der Waals surface area contributed by atoms with Gasteiger partial charge >= 0.3 is 0 Å². The van der Waals surface area contributed by atoms with Crippen LogP contribution >= 0.6 is 24.8 Å². The molecule has 26 heavy (non-hydrogen) atoms. The zero-order chi connectivity index (χ0) is 16.8. The second kappa shape index (κ2) is 11.8. The topological polar surface area (TPSA) is 44.4 Å². The van der Waals surface area contributed by atoms with Gasteiger partial charge in [-0.3, -0.25) is 9.69 Å². The molecule has 0 aromatic heterocycles. The van der Waals surface area contributed by atoms with Gasteiger partial charge in [0.2, 0.25) is 5.91 Å². The number of carbonyl (C=O) groups excluding carboxylic acids is 1. The Labute approximate surface area is 170 Å². The van der Waals surface area contributed by atoms with Gasteiger partial charge in [-0.15, -0.1) is 24.8 Å². The summed E-state index contributed by atoms with van der Waals surface area (Å²) >= 11 is 0. The van der Waals surface area contributed by atoms with Crippen LogP contribution in [0.4, 0.5) is 0 Å². The monoisotopic (exact) mass is 401 g/mol. The summed E-state index contributed by atoms with van der Waals surface area (Å²) in [6, 6.07) is 8.73. The fraction of sp³-hybridized carbons (Fsp3) is 0.650. The van der Waals surface area contributed by atoms with Crippen LogP contribution in [0, 0.1) is 11.8 Å². The van der Waals surface area contributed by atoms with Crippen molar-refractivity contribution in [2.45, 2.75) is 45.7 Å². The van der Waals surface area contributed by atoms with E-state index in [4.69, 9.17) is 0 Å². The summed E-state index contributed by atoms with van der Waals surface area (Å²) in [5.41, 5.74) is 2.55. The lowest BCUT2D eigenvalue weighted by atomic mass is 9.98. The van der Waals surface area contributed by atoms with Crippen molar-refractivity contribution in [3.63, 3.8) is 0 Å². The van der Waals surface area contributed by atoms with Gasteiger partial charge in [0.25, 0.3) is 0 Å². The fourth-order valence-corrected chi connectivity index (χ4v) is 3.65. The molecular formula is C20H33Cl2N3O. The predicted octanol–water partition coefficient (Wildman–Crippen LogP) is 3.38. The summed E-state index contributed by atoms with van der Waals surface area (Å²) in [5, 5.41) is 6.38. The van der Waals surface area contributed by atoms with Crippen LogP contribution in [0.2, 0.25) is 0 Å². The third-order valence-corrected chi connectivity index (χ3v) is 5.44. The first-order valence-electron chi connectivity index (χ1n) is 9.49. The highest BCUT2D eigenvalue weighted by molar-refractivity contribution is 5.85. The molecule has 2 heterocycles. The van der Waals surface area contributed by atoms with Gasteiger partial charge in [0, 0.05) is 19.6 Å². The van der Waals surface area contributed by atoms with Crippen molar-refractivity contribution in [3.8, 4) is 0 Å². The van der Waals surface area contributed by atoms with Crippen molar-refractivity contribution in [2.24, 2.45) is 11.8 Å². The first-order valence-corrected chi connectivity index (χ1v) is 9.49. The maximum atomic E-state index is 12.2. The maximum Gasteiger partial charge on any atom is 0.224 e. The molecule has 1 atom stereocenters. The molecule has 0 spiro atoms. The van der Waals surface area contributed by atoms with Crippen molar-refractivity contribution in [3.05, 3.63) is 35.4 Å². The van der Waals surface area contributed by atoms with E-state index >= 15 is 0 Å². The quantitative estimate of drug-likeness (QED) is 0.794. The Bertz CT molecular complexity index is 524. The van der Waals surface area contributed by atoms with Crippen molar-refractivity contribution >= 4 is 30.7 Å². The number of nitrogens with zero attached hydrogens (tertiary/aromatic N) is 1. The second-order valence-electron chi connectivity index (χ2n) is 7.54. The van der Waals surface area contributed by atoms with Crippen LogP contribution < -0.4 is 10.6 Å². The van der Waals surface area contributed by atoms with E-state index in [0.29, 0.717) is 6.54 Å². The number of rotatable bonds is 5. The molecule has 2 aliphatic heterocycles. The molecule has 1 aromatic carbocycles. The number of piperidine rings is 2. The lowest BCUT2D eigenvalue weighted by molar-refractivity contribution is -0.125. The number of carbonyl (C=O) groups is 1.